The number of hydrogen-bond donors (Lipinski definition) is 0. The Labute approximate surface area is 99.3 Å². The molecule has 1 rings (SSSR count). The summed E-state index contributed by atoms with van der Waals surface area (Å²) in [4.78, 5) is 10.1. The molecule has 1 aromatic carbocycles. The molecule has 0 radical (unpaired) electrons. The molecule has 5 heteroatoms. The van der Waals surface area contributed by atoms with Gasteiger partial charge in [-0.15, -0.1) is 11.6 Å². The van der Waals surface area contributed by atoms with Crippen LogP contribution in [-0.2, 0) is 5.88 Å². The summed E-state index contributed by atoms with van der Waals surface area (Å²) in [5, 5.41) is 10.6. The highest BCUT2D eigenvalue weighted by Crippen LogP contribution is 2.26. The summed E-state index contributed by atoms with van der Waals surface area (Å²) in [5.74, 6) is 0.822. The van der Waals surface area contributed by atoms with Crippen LogP contribution in [0.2, 0.25) is 0 Å². The summed E-state index contributed by atoms with van der Waals surface area (Å²) in [7, 11) is 0. The lowest BCUT2D eigenvalue weighted by Crippen LogP contribution is -2.11. The number of alkyl halides is 1. The molecule has 0 heterocycles. The summed E-state index contributed by atoms with van der Waals surface area (Å²) in [6.45, 7) is 3.95. The van der Waals surface area contributed by atoms with E-state index in [9.17, 15) is 10.1 Å². The number of nitro groups is 1. The molecule has 0 aromatic heterocycles. The second-order valence-electron chi connectivity index (χ2n) is 3.52. The monoisotopic (exact) mass is 243 g/mol. The molecule has 4 nitrogen and oxygen atoms in total. The molecule has 0 bridgehead atoms. The number of hydrogen-bond acceptors (Lipinski definition) is 3. The first kappa shape index (κ1) is 12.8. The minimum atomic E-state index is -0.441. The van der Waals surface area contributed by atoms with Crippen molar-refractivity contribution in [2.75, 3.05) is 0 Å². The van der Waals surface area contributed by atoms with Gasteiger partial charge in [-0.05, 0) is 19.4 Å². The van der Waals surface area contributed by atoms with Gasteiger partial charge in [0.25, 0.3) is 5.69 Å². The quantitative estimate of drug-likeness (QED) is 0.452. The number of non-ortho nitro benzene ring substituents is 1. The minimum Gasteiger partial charge on any atom is -0.490 e. The van der Waals surface area contributed by atoms with Crippen LogP contribution < -0.4 is 4.74 Å². The van der Waals surface area contributed by atoms with Crippen LogP contribution >= 0.6 is 11.6 Å². The highest BCUT2D eigenvalue weighted by atomic mass is 35.5. The van der Waals surface area contributed by atoms with E-state index in [1.54, 1.807) is 6.07 Å². The molecule has 0 fully saturated rings. The van der Waals surface area contributed by atoms with Crippen molar-refractivity contribution in [1.82, 2.24) is 0 Å². The van der Waals surface area contributed by atoms with E-state index in [-0.39, 0.29) is 17.7 Å². The fourth-order valence-corrected chi connectivity index (χ4v) is 1.41. The second-order valence-corrected chi connectivity index (χ2v) is 3.79. The van der Waals surface area contributed by atoms with Gasteiger partial charge in [0.15, 0.2) is 0 Å². The maximum atomic E-state index is 10.6. The molecule has 0 saturated heterocycles. The van der Waals surface area contributed by atoms with E-state index >= 15 is 0 Å². The predicted octanol–water partition coefficient (Wildman–Crippen LogP) is 3.51. The Morgan fingerprint density at radius 1 is 1.56 bits per heavy atom. The van der Waals surface area contributed by atoms with Gasteiger partial charge in [-0.3, -0.25) is 10.1 Å². The molecular formula is C11H14ClNO3. The van der Waals surface area contributed by atoms with Crippen LogP contribution in [0.1, 0.15) is 25.8 Å². The molecule has 0 saturated carbocycles. The molecule has 0 aliphatic carbocycles. The van der Waals surface area contributed by atoms with Gasteiger partial charge in [0.1, 0.15) is 5.75 Å². The van der Waals surface area contributed by atoms with Crippen LogP contribution in [0.4, 0.5) is 5.69 Å². The molecule has 88 valence electrons. The van der Waals surface area contributed by atoms with Crippen molar-refractivity contribution in [1.29, 1.82) is 0 Å². The summed E-state index contributed by atoms with van der Waals surface area (Å²) in [5.41, 5.74) is 0.684. The number of nitrogens with zero attached hydrogens (tertiary/aromatic N) is 1. The molecule has 16 heavy (non-hydrogen) atoms. The van der Waals surface area contributed by atoms with Crippen LogP contribution in [0, 0.1) is 10.1 Å². The highest BCUT2D eigenvalue weighted by Gasteiger charge is 2.12. The number of nitro benzene ring substituents is 1. The fourth-order valence-electron chi connectivity index (χ4n) is 1.20. The van der Waals surface area contributed by atoms with Gasteiger partial charge in [-0.25, -0.2) is 0 Å². The van der Waals surface area contributed by atoms with E-state index in [1.807, 2.05) is 13.8 Å². The van der Waals surface area contributed by atoms with Crippen LogP contribution in [0.25, 0.3) is 0 Å². The topological polar surface area (TPSA) is 52.4 Å². The Bertz CT molecular complexity index is 381. The van der Waals surface area contributed by atoms with Crippen molar-refractivity contribution >= 4 is 17.3 Å². The van der Waals surface area contributed by atoms with Crippen molar-refractivity contribution in [2.45, 2.75) is 32.3 Å². The van der Waals surface area contributed by atoms with Crippen molar-refractivity contribution in [3.63, 3.8) is 0 Å². The van der Waals surface area contributed by atoms with Crippen molar-refractivity contribution in [2.24, 2.45) is 0 Å². The molecule has 1 unspecified atom stereocenters. The van der Waals surface area contributed by atoms with Crippen molar-refractivity contribution in [3.8, 4) is 5.75 Å². The zero-order valence-corrected chi connectivity index (χ0v) is 10.0. The van der Waals surface area contributed by atoms with Gasteiger partial charge in [0.2, 0.25) is 0 Å². The molecule has 0 amide bonds. The predicted molar refractivity (Wildman–Crippen MR) is 63.0 cm³/mol. The molecule has 1 atom stereocenters. The largest absolute Gasteiger partial charge is 0.490 e. The maximum Gasteiger partial charge on any atom is 0.270 e. The van der Waals surface area contributed by atoms with Crippen LogP contribution in [0.15, 0.2) is 18.2 Å². The molecule has 1 aromatic rings. The van der Waals surface area contributed by atoms with Crippen LogP contribution in [0.5, 0.6) is 5.75 Å². The third-order valence-electron chi connectivity index (χ3n) is 2.30. The molecule has 0 N–H and O–H groups in total. The lowest BCUT2D eigenvalue weighted by molar-refractivity contribution is -0.384. The number of halogens is 1. The Hall–Kier alpha value is -1.29. The Morgan fingerprint density at radius 2 is 2.25 bits per heavy atom. The van der Waals surface area contributed by atoms with E-state index in [0.717, 1.165) is 6.42 Å². The molecule has 0 spiro atoms. The Balaban J connectivity index is 2.97. The van der Waals surface area contributed by atoms with E-state index in [2.05, 4.69) is 0 Å². The normalized spacial score (nSPS) is 12.2. The first-order chi connectivity index (χ1) is 7.58. The average molecular weight is 244 g/mol. The third-order valence-corrected chi connectivity index (χ3v) is 2.59. The van der Waals surface area contributed by atoms with Gasteiger partial charge in [0, 0.05) is 17.7 Å². The summed E-state index contributed by atoms with van der Waals surface area (Å²) < 4.78 is 5.61. The summed E-state index contributed by atoms with van der Waals surface area (Å²) >= 11 is 5.73. The Morgan fingerprint density at radius 3 is 2.75 bits per heavy atom. The molecule has 0 aliphatic rings. The lowest BCUT2D eigenvalue weighted by atomic mass is 10.2. The van der Waals surface area contributed by atoms with E-state index < -0.39 is 4.92 Å². The summed E-state index contributed by atoms with van der Waals surface area (Å²) in [6.07, 6.45) is 0.946. The van der Waals surface area contributed by atoms with Crippen LogP contribution in [-0.4, -0.2) is 11.0 Å². The highest BCUT2D eigenvalue weighted by molar-refractivity contribution is 6.17. The zero-order valence-electron chi connectivity index (χ0n) is 9.27. The van der Waals surface area contributed by atoms with Gasteiger partial charge in [-0.1, -0.05) is 6.92 Å². The zero-order chi connectivity index (χ0) is 12.1. The van der Waals surface area contributed by atoms with Gasteiger partial charge < -0.3 is 4.74 Å². The number of ether oxygens (including phenoxy) is 1. The van der Waals surface area contributed by atoms with Crippen molar-refractivity contribution < 1.29 is 9.66 Å². The van der Waals surface area contributed by atoms with E-state index in [0.29, 0.717) is 11.3 Å². The smallest absolute Gasteiger partial charge is 0.270 e. The van der Waals surface area contributed by atoms with E-state index in [1.165, 1.54) is 12.1 Å². The molecule has 0 aliphatic heterocycles. The van der Waals surface area contributed by atoms with Crippen molar-refractivity contribution in [3.05, 3.63) is 33.9 Å². The number of benzene rings is 1. The first-order valence-corrected chi connectivity index (χ1v) is 5.61. The minimum absolute atomic E-state index is 0.0344. The van der Waals surface area contributed by atoms with Gasteiger partial charge >= 0.3 is 0 Å². The van der Waals surface area contributed by atoms with E-state index in [4.69, 9.17) is 16.3 Å². The van der Waals surface area contributed by atoms with Gasteiger partial charge in [-0.2, -0.15) is 0 Å². The summed E-state index contributed by atoms with van der Waals surface area (Å²) in [6, 6.07) is 4.47. The SMILES string of the molecule is CCC(C)Oc1ccc([N+](=O)[O-])cc1CCl. The lowest BCUT2D eigenvalue weighted by Gasteiger charge is -2.14. The third kappa shape index (κ3) is 3.10. The fraction of sp³-hybridized carbons (Fsp3) is 0.455. The maximum absolute atomic E-state index is 10.6. The van der Waals surface area contributed by atoms with Crippen LogP contribution in [0.3, 0.4) is 0 Å². The second kappa shape index (κ2) is 5.70. The van der Waals surface area contributed by atoms with Gasteiger partial charge in [0.05, 0.1) is 16.9 Å². The average Bonchev–Trinajstić information content (AvgIpc) is 2.29. The first-order valence-electron chi connectivity index (χ1n) is 5.08. The number of rotatable bonds is 5. The molecular weight excluding hydrogens is 230 g/mol. The standard InChI is InChI=1S/C11H14ClNO3/c1-3-8(2)16-11-5-4-10(13(14)15)6-9(11)7-12/h4-6,8H,3,7H2,1-2H3. The Kier molecular flexibility index (Phi) is 4.55.